The SMILES string of the molecule is Cc1n[nH]nc1Cl.Cl. The van der Waals surface area contributed by atoms with Crippen LogP contribution >= 0.6 is 24.0 Å². The number of hydrogen-bond acceptors (Lipinski definition) is 2. The molecule has 1 N–H and O–H groups in total. The Morgan fingerprint density at radius 3 is 2.25 bits per heavy atom. The molecular weight excluding hydrogens is 149 g/mol. The van der Waals surface area contributed by atoms with Gasteiger partial charge in [0, 0.05) is 0 Å². The highest BCUT2D eigenvalue weighted by Gasteiger charge is 1.93. The molecule has 0 radical (unpaired) electrons. The van der Waals surface area contributed by atoms with Gasteiger partial charge in [-0.3, -0.25) is 0 Å². The van der Waals surface area contributed by atoms with Gasteiger partial charge in [-0.1, -0.05) is 11.6 Å². The van der Waals surface area contributed by atoms with Crippen LogP contribution in [-0.4, -0.2) is 15.4 Å². The molecule has 0 spiro atoms. The van der Waals surface area contributed by atoms with E-state index in [-0.39, 0.29) is 12.4 Å². The number of halogens is 2. The van der Waals surface area contributed by atoms with E-state index >= 15 is 0 Å². The molecular formula is C3H5Cl2N3. The lowest BCUT2D eigenvalue weighted by Gasteiger charge is -1.71. The molecule has 0 atom stereocenters. The van der Waals surface area contributed by atoms with Crippen LogP contribution in [0.1, 0.15) is 5.69 Å². The highest BCUT2D eigenvalue weighted by atomic mass is 35.5. The summed E-state index contributed by atoms with van der Waals surface area (Å²) in [5.41, 5.74) is 0.738. The smallest absolute Gasteiger partial charge is 0.173 e. The summed E-state index contributed by atoms with van der Waals surface area (Å²) in [6, 6.07) is 0. The summed E-state index contributed by atoms with van der Waals surface area (Å²) in [5, 5.41) is 10.0. The molecule has 1 rings (SSSR count). The van der Waals surface area contributed by atoms with Crippen LogP contribution in [0.5, 0.6) is 0 Å². The molecule has 0 aromatic carbocycles. The number of nitrogens with one attached hydrogen (secondary N) is 1. The van der Waals surface area contributed by atoms with Gasteiger partial charge in [0.25, 0.3) is 0 Å². The maximum Gasteiger partial charge on any atom is 0.173 e. The molecule has 46 valence electrons. The van der Waals surface area contributed by atoms with Gasteiger partial charge in [0.05, 0.1) is 5.69 Å². The van der Waals surface area contributed by atoms with Crippen LogP contribution in [0.2, 0.25) is 5.15 Å². The molecule has 0 saturated heterocycles. The van der Waals surface area contributed by atoms with Crippen molar-refractivity contribution in [2.45, 2.75) is 6.92 Å². The van der Waals surface area contributed by atoms with Crippen molar-refractivity contribution in [1.29, 1.82) is 0 Å². The van der Waals surface area contributed by atoms with E-state index in [1.807, 2.05) is 0 Å². The van der Waals surface area contributed by atoms with Crippen molar-refractivity contribution in [3.63, 3.8) is 0 Å². The van der Waals surface area contributed by atoms with Crippen LogP contribution in [0, 0.1) is 6.92 Å². The zero-order valence-electron chi connectivity index (χ0n) is 4.18. The summed E-state index contributed by atoms with van der Waals surface area (Å²) in [7, 11) is 0. The summed E-state index contributed by atoms with van der Waals surface area (Å²) in [5.74, 6) is 0. The van der Waals surface area contributed by atoms with Crippen molar-refractivity contribution in [3.8, 4) is 0 Å². The van der Waals surface area contributed by atoms with Gasteiger partial charge in [-0.05, 0) is 6.92 Å². The first-order valence-corrected chi connectivity index (χ1v) is 2.21. The van der Waals surface area contributed by atoms with Crippen LogP contribution in [0.15, 0.2) is 0 Å². The van der Waals surface area contributed by atoms with E-state index in [1.165, 1.54) is 0 Å². The first-order chi connectivity index (χ1) is 3.30. The maximum absolute atomic E-state index is 5.42. The highest BCUT2D eigenvalue weighted by Crippen LogP contribution is 2.03. The van der Waals surface area contributed by atoms with Gasteiger partial charge >= 0.3 is 0 Å². The predicted molar refractivity (Wildman–Crippen MR) is 33.4 cm³/mol. The fourth-order valence-electron chi connectivity index (χ4n) is 0.271. The topological polar surface area (TPSA) is 41.6 Å². The summed E-state index contributed by atoms with van der Waals surface area (Å²) in [4.78, 5) is 0. The first-order valence-electron chi connectivity index (χ1n) is 1.83. The van der Waals surface area contributed by atoms with Gasteiger partial charge < -0.3 is 0 Å². The van der Waals surface area contributed by atoms with Crippen LogP contribution in [0.3, 0.4) is 0 Å². The number of aromatic nitrogens is 3. The molecule has 8 heavy (non-hydrogen) atoms. The Morgan fingerprint density at radius 2 is 2.12 bits per heavy atom. The van der Waals surface area contributed by atoms with Crippen LogP contribution in [-0.2, 0) is 0 Å². The molecule has 0 aliphatic rings. The largest absolute Gasteiger partial charge is 0.196 e. The van der Waals surface area contributed by atoms with E-state index in [0.29, 0.717) is 5.15 Å². The molecule has 0 fully saturated rings. The van der Waals surface area contributed by atoms with Crippen molar-refractivity contribution in [2.24, 2.45) is 0 Å². The third-order valence-corrected chi connectivity index (χ3v) is 1.02. The Balaban J connectivity index is 0.000000490. The summed E-state index contributed by atoms with van der Waals surface area (Å²) in [6.45, 7) is 1.78. The quantitative estimate of drug-likeness (QED) is 0.609. The van der Waals surface area contributed by atoms with E-state index in [1.54, 1.807) is 6.92 Å². The van der Waals surface area contributed by atoms with Gasteiger partial charge in [-0.15, -0.1) is 17.5 Å². The molecule has 0 unspecified atom stereocenters. The Hall–Kier alpha value is -0.280. The molecule has 1 aromatic rings. The zero-order chi connectivity index (χ0) is 5.28. The van der Waals surface area contributed by atoms with E-state index in [0.717, 1.165) is 5.69 Å². The fraction of sp³-hybridized carbons (Fsp3) is 0.333. The lowest BCUT2D eigenvalue weighted by Crippen LogP contribution is -1.67. The minimum Gasteiger partial charge on any atom is -0.196 e. The Labute approximate surface area is 57.8 Å². The summed E-state index contributed by atoms with van der Waals surface area (Å²) >= 11 is 5.42. The molecule has 1 aromatic heterocycles. The second-order valence-corrected chi connectivity index (χ2v) is 1.56. The molecule has 3 nitrogen and oxygen atoms in total. The molecule has 5 heteroatoms. The Kier molecular flexibility index (Phi) is 2.79. The van der Waals surface area contributed by atoms with Gasteiger partial charge in [-0.25, -0.2) is 0 Å². The van der Waals surface area contributed by atoms with Crippen molar-refractivity contribution in [2.75, 3.05) is 0 Å². The lowest BCUT2D eigenvalue weighted by atomic mass is 10.6. The number of hydrogen-bond donors (Lipinski definition) is 1. The summed E-state index contributed by atoms with van der Waals surface area (Å²) < 4.78 is 0. The van der Waals surface area contributed by atoms with Gasteiger partial charge in [-0.2, -0.15) is 10.3 Å². The second kappa shape index (κ2) is 2.89. The molecule has 1 heterocycles. The molecule has 0 aliphatic heterocycles. The maximum atomic E-state index is 5.42. The Bertz CT molecular complexity index is 145. The standard InChI is InChI=1S/C3H4ClN3.ClH/c1-2-3(4)6-7-5-2;/h1H3,(H,5,6,7);1H. The molecule has 0 saturated carbocycles. The summed E-state index contributed by atoms with van der Waals surface area (Å²) in [6.07, 6.45) is 0. The van der Waals surface area contributed by atoms with E-state index < -0.39 is 0 Å². The number of aromatic amines is 1. The van der Waals surface area contributed by atoms with Crippen molar-refractivity contribution in [3.05, 3.63) is 10.8 Å². The van der Waals surface area contributed by atoms with Crippen LogP contribution < -0.4 is 0 Å². The predicted octanol–water partition coefficient (Wildman–Crippen LogP) is 1.19. The second-order valence-electron chi connectivity index (χ2n) is 1.20. The van der Waals surface area contributed by atoms with Gasteiger partial charge in [0.15, 0.2) is 5.15 Å². The molecule has 0 amide bonds. The molecule has 0 aliphatic carbocycles. The molecule has 0 bridgehead atoms. The first kappa shape index (κ1) is 7.72. The minimum atomic E-state index is 0. The zero-order valence-corrected chi connectivity index (χ0v) is 5.75. The minimum absolute atomic E-state index is 0. The highest BCUT2D eigenvalue weighted by molar-refractivity contribution is 6.29. The van der Waals surface area contributed by atoms with Crippen molar-refractivity contribution < 1.29 is 0 Å². The fourth-order valence-corrected chi connectivity index (χ4v) is 0.351. The van der Waals surface area contributed by atoms with Crippen LogP contribution in [0.25, 0.3) is 0 Å². The number of H-pyrrole nitrogens is 1. The van der Waals surface area contributed by atoms with Crippen LogP contribution in [0.4, 0.5) is 0 Å². The van der Waals surface area contributed by atoms with Gasteiger partial charge in [0.2, 0.25) is 0 Å². The van der Waals surface area contributed by atoms with E-state index in [9.17, 15) is 0 Å². The average Bonchev–Trinajstić information content (AvgIpc) is 1.91. The van der Waals surface area contributed by atoms with E-state index in [2.05, 4.69) is 15.4 Å². The third-order valence-electron chi connectivity index (χ3n) is 0.664. The van der Waals surface area contributed by atoms with E-state index in [4.69, 9.17) is 11.6 Å². The van der Waals surface area contributed by atoms with Gasteiger partial charge in [0.1, 0.15) is 0 Å². The number of rotatable bonds is 0. The number of aryl methyl sites for hydroxylation is 1. The Morgan fingerprint density at radius 1 is 1.50 bits per heavy atom. The number of nitrogens with zero attached hydrogens (tertiary/aromatic N) is 2. The third kappa shape index (κ3) is 1.35. The van der Waals surface area contributed by atoms with Crippen molar-refractivity contribution >= 4 is 24.0 Å². The lowest BCUT2D eigenvalue weighted by molar-refractivity contribution is 0.928. The monoisotopic (exact) mass is 153 g/mol. The average molecular weight is 154 g/mol. The normalized spacial score (nSPS) is 8.25. The van der Waals surface area contributed by atoms with Crippen molar-refractivity contribution in [1.82, 2.24) is 15.4 Å².